The van der Waals surface area contributed by atoms with Crippen LogP contribution in [0.3, 0.4) is 0 Å². The van der Waals surface area contributed by atoms with Crippen molar-refractivity contribution >= 4 is 34.1 Å². The van der Waals surface area contributed by atoms with Crippen LogP contribution in [0.2, 0.25) is 5.02 Å². The van der Waals surface area contributed by atoms with Crippen molar-refractivity contribution in [1.29, 1.82) is 0 Å². The van der Waals surface area contributed by atoms with Crippen LogP contribution in [0, 0.1) is 10.1 Å². The zero-order valence-electron chi connectivity index (χ0n) is 15.5. The van der Waals surface area contributed by atoms with Gasteiger partial charge in [-0.2, -0.15) is 13.2 Å². The lowest BCUT2D eigenvalue weighted by atomic mass is 10.2. The van der Waals surface area contributed by atoms with E-state index in [9.17, 15) is 28.1 Å². The molecule has 0 aliphatic carbocycles. The van der Waals surface area contributed by atoms with Crippen molar-refractivity contribution in [2.75, 3.05) is 0 Å². The van der Waals surface area contributed by atoms with E-state index in [0.717, 1.165) is 30.7 Å². The number of nitro benzene ring substituents is 1. The van der Waals surface area contributed by atoms with Gasteiger partial charge in [0.15, 0.2) is 6.10 Å². The number of nitro groups is 1. The van der Waals surface area contributed by atoms with Crippen LogP contribution in [-0.2, 0) is 11.0 Å². The minimum Gasteiger partial charge on any atom is -0.474 e. The molecule has 11 heteroatoms. The highest BCUT2D eigenvalue weighted by Crippen LogP contribution is 2.39. The summed E-state index contributed by atoms with van der Waals surface area (Å²) in [7, 11) is 0. The van der Waals surface area contributed by atoms with Crippen molar-refractivity contribution in [3.8, 4) is 17.2 Å². The largest absolute Gasteiger partial charge is 0.474 e. The van der Waals surface area contributed by atoms with Gasteiger partial charge < -0.3 is 9.47 Å². The third kappa shape index (κ3) is 6.24. The highest BCUT2D eigenvalue weighted by atomic mass is 35.5. The van der Waals surface area contributed by atoms with E-state index in [0.29, 0.717) is 12.5 Å². The van der Waals surface area contributed by atoms with Gasteiger partial charge in [0, 0.05) is 12.1 Å². The van der Waals surface area contributed by atoms with E-state index in [1.165, 1.54) is 6.07 Å². The van der Waals surface area contributed by atoms with Gasteiger partial charge in [-0.05, 0) is 48.7 Å². The van der Waals surface area contributed by atoms with E-state index in [1.807, 2.05) is 6.92 Å². The number of rotatable bonds is 9. The average molecular weight is 466 g/mol. The predicted molar refractivity (Wildman–Crippen MR) is 104 cm³/mol. The van der Waals surface area contributed by atoms with Crippen molar-refractivity contribution < 1.29 is 32.4 Å². The van der Waals surface area contributed by atoms with Gasteiger partial charge in [-0.1, -0.05) is 24.9 Å². The van der Waals surface area contributed by atoms with Gasteiger partial charge in [0.1, 0.15) is 11.5 Å². The van der Waals surface area contributed by atoms with Crippen molar-refractivity contribution in [3.05, 3.63) is 57.1 Å². The molecular weight excluding hydrogens is 450 g/mol. The number of carbonyl (C=O) groups excluding carboxylic acids is 1. The minimum atomic E-state index is -4.57. The van der Waals surface area contributed by atoms with Gasteiger partial charge in [-0.15, -0.1) is 0 Å². The second kappa shape index (κ2) is 9.99. The molecule has 30 heavy (non-hydrogen) atoms. The molecule has 0 saturated heterocycles. The number of nitrogens with zero attached hydrogens (tertiary/aromatic N) is 1. The van der Waals surface area contributed by atoms with E-state index in [2.05, 4.69) is 0 Å². The molecule has 0 amide bonds. The third-order valence-corrected chi connectivity index (χ3v) is 4.50. The van der Waals surface area contributed by atoms with Gasteiger partial charge in [0.05, 0.1) is 15.5 Å². The fraction of sp³-hybridized carbons (Fsp3) is 0.316. The molecule has 0 spiro atoms. The number of benzene rings is 2. The Morgan fingerprint density at radius 3 is 2.43 bits per heavy atom. The summed E-state index contributed by atoms with van der Waals surface area (Å²) in [5, 5.41) is 10.2. The Kier molecular flexibility index (Phi) is 7.91. The Bertz CT molecular complexity index is 937. The van der Waals surface area contributed by atoms with Gasteiger partial charge in [0.2, 0.25) is 5.75 Å². The first kappa shape index (κ1) is 23.8. The lowest BCUT2D eigenvalue weighted by Crippen LogP contribution is -2.23. The number of hydrogen-bond acceptors (Lipinski definition) is 5. The van der Waals surface area contributed by atoms with E-state index >= 15 is 0 Å². The van der Waals surface area contributed by atoms with Crippen molar-refractivity contribution in [1.82, 2.24) is 0 Å². The molecule has 2 aromatic carbocycles. The van der Waals surface area contributed by atoms with Crippen LogP contribution < -0.4 is 9.47 Å². The maximum atomic E-state index is 12.8. The molecule has 0 aliphatic heterocycles. The highest BCUT2D eigenvalue weighted by molar-refractivity contribution is 6.64. The molecule has 1 atom stereocenters. The van der Waals surface area contributed by atoms with Gasteiger partial charge in [-0.25, -0.2) is 0 Å². The van der Waals surface area contributed by atoms with E-state index in [4.69, 9.17) is 32.7 Å². The van der Waals surface area contributed by atoms with Gasteiger partial charge in [0.25, 0.3) is 5.24 Å². The minimum absolute atomic E-state index is 0.00789. The van der Waals surface area contributed by atoms with Crippen LogP contribution in [0.15, 0.2) is 36.4 Å². The molecule has 0 saturated carbocycles. The summed E-state index contributed by atoms with van der Waals surface area (Å²) in [6.07, 6.45) is -4.06. The van der Waals surface area contributed by atoms with Crippen LogP contribution in [-0.4, -0.2) is 16.3 Å². The van der Waals surface area contributed by atoms with Crippen LogP contribution in [0.5, 0.6) is 17.2 Å². The molecule has 162 valence electrons. The number of hydrogen-bond donors (Lipinski definition) is 0. The number of halogens is 5. The average Bonchev–Trinajstić information content (AvgIpc) is 2.65. The Balaban J connectivity index is 2.33. The van der Waals surface area contributed by atoms with E-state index in [-0.39, 0.29) is 28.7 Å². The van der Waals surface area contributed by atoms with Crippen LogP contribution >= 0.6 is 23.2 Å². The zero-order valence-corrected chi connectivity index (χ0v) is 17.1. The summed E-state index contributed by atoms with van der Waals surface area (Å²) in [6, 6.07) is 5.97. The molecule has 2 rings (SSSR count). The lowest BCUT2D eigenvalue weighted by Gasteiger charge is -2.16. The fourth-order valence-electron chi connectivity index (χ4n) is 2.45. The summed E-state index contributed by atoms with van der Waals surface area (Å²) in [5.74, 6) is -0.357. The van der Waals surface area contributed by atoms with Crippen molar-refractivity contribution in [2.45, 2.75) is 38.5 Å². The number of ether oxygens (including phenoxy) is 2. The molecular formula is C19H16Cl2F3NO5. The van der Waals surface area contributed by atoms with E-state index < -0.39 is 33.7 Å². The molecule has 2 aromatic rings. The van der Waals surface area contributed by atoms with Crippen LogP contribution in [0.4, 0.5) is 18.9 Å². The summed E-state index contributed by atoms with van der Waals surface area (Å²) in [5.41, 5.74) is -1.38. The zero-order chi connectivity index (χ0) is 22.5. The monoisotopic (exact) mass is 465 g/mol. The molecule has 1 unspecified atom stereocenters. The van der Waals surface area contributed by atoms with Gasteiger partial charge in [-0.3, -0.25) is 14.9 Å². The molecule has 0 radical (unpaired) electrons. The summed E-state index contributed by atoms with van der Waals surface area (Å²) >= 11 is 11.4. The second-order valence-corrected chi connectivity index (χ2v) is 6.96. The normalized spacial score (nSPS) is 12.3. The smallest absolute Gasteiger partial charge is 0.416 e. The number of unbranched alkanes of at least 4 members (excludes halogenated alkanes) is 1. The first-order valence-corrected chi connectivity index (χ1v) is 9.47. The number of alkyl halides is 3. The second-order valence-electron chi connectivity index (χ2n) is 6.18. The summed E-state index contributed by atoms with van der Waals surface area (Å²) in [4.78, 5) is 22.2. The first-order valence-electron chi connectivity index (χ1n) is 8.72. The third-order valence-electron chi connectivity index (χ3n) is 3.96. The predicted octanol–water partition coefficient (Wildman–Crippen LogP) is 6.76. The molecule has 0 heterocycles. The molecule has 0 fully saturated rings. The number of carbonyl (C=O) groups is 1. The lowest BCUT2D eigenvalue weighted by molar-refractivity contribution is -0.386. The van der Waals surface area contributed by atoms with Gasteiger partial charge >= 0.3 is 11.9 Å². The Morgan fingerprint density at radius 1 is 1.20 bits per heavy atom. The Labute approximate surface area is 179 Å². The highest BCUT2D eigenvalue weighted by Gasteiger charge is 2.31. The maximum absolute atomic E-state index is 12.8. The standard InChI is InChI=1S/C19H16Cl2F3NO5/c1-2-3-4-16(18(21)26)30-17-10-12(6-7-14(17)25(27)28)29-15-8-5-11(9-13(15)20)19(22,23)24/h5-10,16H,2-4H2,1H3. The maximum Gasteiger partial charge on any atom is 0.416 e. The molecule has 0 aliphatic rings. The molecule has 6 nitrogen and oxygen atoms in total. The van der Waals surface area contributed by atoms with E-state index in [1.54, 1.807) is 0 Å². The topological polar surface area (TPSA) is 78.7 Å². The Hall–Kier alpha value is -2.52. The van der Waals surface area contributed by atoms with Crippen LogP contribution in [0.1, 0.15) is 31.7 Å². The molecule has 0 aromatic heterocycles. The summed E-state index contributed by atoms with van der Waals surface area (Å²) in [6.45, 7) is 1.89. The van der Waals surface area contributed by atoms with Crippen molar-refractivity contribution in [3.63, 3.8) is 0 Å². The first-order chi connectivity index (χ1) is 14.0. The summed E-state index contributed by atoms with van der Waals surface area (Å²) < 4.78 is 49.2. The van der Waals surface area contributed by atoms with Crippen molar-refractivity contribution in [2.24, 2.45) is 0 Å². The quantitative estimate of drug-likeness (QED) is 0.232. The molecule has 0 bridgehead atoms. The Morgan fingerprint density at radius 2 is 1.90 bits per heavy atom. The fourth-order valence-corrected chi connectivity index (χ4v) is 2.82. The SMILES string of the molecule is CCCCC(Oc1cc(Oc2ccc(C(F)(F)F)cc2Cl)ccc1[N+](=O)[O-])C(=O)Cl. The van der Waals surface area contributed by atoms with Crippen LogP contribution in [0.25, 0.3) is 0 Å². The molecule has 0 N–H and O–H groups in total.